The van der Waals surface area contributed by atoms with Gasteiger partial charge in [-0.25, -0.2) is 13.0 Å². The van der Waals surface area contributed by atoms with E-state index in [1.54, 1.807) is 6.07 Å². The maximum atomic E-state index is 12.4. The van der Waals surface area contributed by atoms with Gasteiger partial charge in [0.15, 0.2) is 5.52 Å². The Labute approximate surface area is 128 Å². The smallest absolute Gasteiger partial charge is 0.387 e. The Morgan fingerprint density at radius 2 is 1.83 bits per heavy atom. The average molecular weight is 341 g/mol. The molecule has 120 valence electrons. The van der Waals surface area contributed by atoms with Crippen LogP contribution in [0.1, 0.15) is 0 Å². The molecule has 7 nitrogen and oxygen atoms in total. The summed E-state index contributed by atoms with van der Waals surface area (Å²) in [5.74, 6) is -0.0780. The fourth-order valence-electron chi connectivity index (χ4n) is 1.91. The number of halogens is 2. The number of hydrogen-bond donors (Lipinski definition) is 1. The van der Waals surface area contributed by atoms with Crippen LogP contribution >= 0.6 is 0 Å². The van der Waals surface area contributed by atoms with Gasteiger partial charge in [0.05, 0.1) is 0 Å². The molecule has 0 aliphatic rings. The number of hydrogen-bond acceptors (Lipinski definition) is 6. The monoisotopic (exact) mass is 341 g/mol. The van der Waals surface area contributed by atoms with E-state index in [-0.39, 0.29) is 21.8 Å². The lowest BCUT2D eigenvalue weighted by molar-refractivity contribution is -0.0498. The van der Waals surface area contributed by atoms with E-state index in [2.05, 4.69) is 24.4 Å². The van der Waals surface area contributed by atoms with Crippen molar-refractivity contribution in [1.29, 1.82) is 0 Å². The molecule has 1 heterocycles. The highest BCUT2D eigenvalue weighted by atomic mass is 32.2. The summed E-state index contributed by atoms with van der Waals surface area (Å²) in [5, 5.41) is 7.14. The van der Waals surface area contributed by atoms with Crippen LogP contribution in [0.25, 0.3) is 11.0 Å². The normalized spacial score (nSPS) is 11.8. The highest BCUT2D eigenvalue weighted by Crippen LogP contribution is 2.24. The molecule has 23 heavy (non-hydrogen) atoms. The molecular weight excluding hydrogens is 332 g/mol. The molecule has 0 amide bonds. The van der Waals surface area contributed by atoms with E-state index in [1.807, 2.05) is 0 Å². The summed E-state index contributed by atoms with van der Waals surface area (Å²) in [4.78, 5) is -0.107. The van der Waals surface area contributed by atoms with Gasteiger partial charge in [-0.15, -0.1) is 0 Å². The lowest BCUT2D eigenvalue weighted by Crippen LogP contribution is -2.13. The maximum absolute atomic E-state index is 12.4. The number of rotatable bonds is 5. The van der Waals surface area contributed by atoms with Crippen LogP contribution in [0.4, 0.5) is 14.5 Å². The van der Waals surface area contributed by atoms with Crippen molar-refractivity contribution < 1.29 is 26.6 Å². The molecule has 0 spiro atoms. The fourth-order valence-corrected chi connectivity index (χ4v) is 3.12. The van der Waals surface area contributed by atoms with Crippen LogP contribution in [0.15, 0.2) is 52.0 Å². The molecular formula is C13H9F2N3O4S. The van der Waals surface area contributed by atoms with Crippen molar-refractivity contribution in [3.05, 3.63) is 42.5 Å². The Morgan fingerprint density at radius 1 is 1.09 bits per heavy atom. The summed E-state index contributed by atoms with van der Waals surface area (Å²) in [7, 11) is -3.95. The zero-order valence-corrected chi connectivity index (χ0v) is 12.1. The van der Waals surface area contributed by atoms with Crippen molar-refractivity contribution in [2.45, 2.75) is 11.5 Å². The van der Waals surface area contributed by atoms with Crippen molar-refractivity contribution in [2.75, 3.05) is 4.72 Å². The molecule has 3 aromatic rings. The Bertz CT molecular complexity index is 926. The molecule has 3 rings (SSSR count). The minimum atomic E-state index is -3.95. The molecule has 1 aromatic heterocycles. The summed E-state index contributed by atoms with van der Waals surface area (Å²) >= 11 is 0. The number of benzene rings is 2. The maximum Gasteiger partial charge on any atom is 0.387 e. The van der Waals surface area contributed by atoms with Crippen molar-refractivity contribution in [3.63, 3.8) is 0 Å². The minimum absolute atomic E-state index is 0.0780. The van der Waals surface area contributed by atoms with Crippen molar-refractivity contribution in [3.8, 4) is 5.75 Å². The lowest BCUT2D eigenvalue weighted by atomic mass is 10.3. The largest absolute Gasteiger partial charge is 0.435 e. The standard InChI is InChI=1S/C13H9F2N3O4S/c14-13(15)21-9-6-4-8(5-7-9)18-23(19,20)11-3-1-2-10-12(11)17-22-16-10/h1-7,13,18H. The number of alkyl halides is 2. The van der Waals surface area contributed by atoms with Crippen molar-refractivity contribution in [2.24, 2.45) is 0 Å². The van der Waals surface area contributed by atoms with Crippen molar-refractivity contribution in [1.82, 2.24) is 10.3 Å². The molecule has 0 saturated carbocycles. The third-order valence-corrected chi connectivity index (χ3v) is 4.28. The van der Waals surface area contributed by atoms with Crippen LogP contribution in [0, 0.1) is 0 Å². The number of fused-ring (bicyclic) bond motifs is 1. The second-order valence-corrected chi connectivity index (χ2v) is 6.05. The van der Waals surface area contributed by atoms with Gasteiger partial charge in [-0.2, -0.15) is 8.78 Å². The van der Waals surface area contributed by atoms with E-state index in [0.717, 1.165) is 0 Å². The van der Waals surface area contributed by atoms with Gasteiger partial charge in [-0.05, 0) is 46.7 Å². The number of sulfonamides is 1. The SMILES string of the molecule is O=S(=O)(Nc1ccc(OC(F)F)cc1)c1cccc2nonc12. The van der Waals surface area contributed by atoms with E-state index >= 15 is 0 Å². The molecule has 0 unspecified atom stereocenters. The first-order valence-corrected chi connectivity index (χ1v) is 7.73. The quantitative estimate of drug-likeness (QED) is 0.767. The predicted octanol–water partition coefficient (Wildman–Crippen LogP) is 2.63. The number of nitrogens with one attached hydrogen (secondary N) is 1. The number of nitrogens with zero attached hydrogens (tertiary/aromatic N) is 2. The van der Waals surface area contributed by atoms with Gasteiger partial charge in [0.1, 0.15) is 16.2 Å². The molecule has 0 atom stereocenters. The number of anilines is 1. The molecule has 1 N–H and O–H groups in total. The van der Waals surface area contributed by atoms with Crippen LogP contribution in [0.2, 0.25) is 0 Å². The van der Waals surface area contributed by atoms with Gasteiger partial charge >= 0.3 is 6.61 Å². The number of aromatic nitrogens is 2. The van der Waals surface area contributed by atoms with Gasteiger partial charge in [0.2, 0.25) is 0 Å². The summed E-state index contributed by atoms with van der Waals surface area (Å²) in [6.45, 7) is -2.95. The molecule has 2 aromatic carbocycles. The Morgan fingerprint density at radius 3 is 2.52 bits per heavy atom. The van der Waals surface area contributed by atoms with E-state index in [1.165, 1.54) is 36.4 Å². The van der Waals surface area contributed by atoms with Gasteiger partial charge in [-0.1, -0.05) is 6.07 Å². The zero-order valence-electron chi connectivity index (χ0n) is 11.3. The van der Waals surface area contributed by atoms with Crippen LogP contribution < -0.4 is 9.46 Å². The van der Waals surface area contributed by atoms with Crippen LogP contribution in [-0.2, 0) is 10.0 Å². The summed E-state index contributed by atoms with van der Waals surface area (Å²) in [6.07, 6.45) is 0. The first kappa shape index (κ1) is 15.2. The fraction of sp³-hybridized carbons (Fsp3) is 0.0769. The number of ether oxygens (including phenoxy) is 1. The molecule has 0 radical (unpaired) electrons. The zero-order chi connectivity index (χ0) is 16.4. The molecule has 0 saturated heterocycles. The van der Waals surface area contributed by atoms with Gasteiger partial charge in [0.25, 0.3) is 10.0 Å². The lowest BCUT2D eigenvalue weighted by Gasteiger charge is -2.09. The predicted molar refractivity (Wildman–Crippen MR) is 75.7 cm³/mol. The Hall–Kier alpha value is -2.75. The third-order valence-electron chi connectivity index (χ3n) is 2.87. The molecule has 0 aliphatic heterocycles. The van der Waals surface area contributed by atoms with E-state index in [0.29, 0.717) is 5.52 Å². The van der Waals surface area contributed by atoms with Crippen molar-refractivity contribution >= 4 is 26.7 Å². The van der Waals surface area contributed by atoms with Gasteiger partial charge < -0.3 is 4.74 Å². The van der Waals surface area contributed by atoms with E-state index < -0.39 is 16.6 Å². The van der Waals surface area contributed by atoms with Gasteiger partial charge in [0, 0.05) is 5.69 Å². The van der Waals surface area contributed by atoms with Crippen LogP contribution in [-0.4, -0.2) is 25.3 Å². The van der Waals surface area contributed by atoms with Gasteiger partial charge in [-0.3, -0.25) is 4.72 Å². The first-order valence-electron chi connectivity index (χ1n) is 6.25. The van der Waals surface area contributed by atoms with E-state index in [9.17, 15) is 17.2 Å². The molecule has 10 heteroatoms. The first-order chi connectivity index (χ1) is 11.0. The third kappa shape index (κ3) is 3.21. The Kier molecular flexibility index (Phi) is 3.82. The van der Waals surface area contributed by atoms with Crippen LogP contribution in [0.5, 0.6) is 5.75 Å². The summed E-state index contributed by atoms with van der Waals surface area (Å²) in [6, 6.07) is 9.46. The topological polar surface area (TPSA) is 94.3 Å². The molecule has 0 bridgehead atoms. The molecule has 0 aliphatic carbocycles. The Balaban J connectivity index is 1.88. The second-order valence-electron chi connectivity index (χ2n) is 4.40. The summed E-state index contributed by atoms with van der Waals surface area (Å²) in [5.41, 5.74) is 0.575. The highest BCUT2D eigenvalue weighted by molar-refractivity contribution is 7.93. The molecule has 0 fully saturated rings. The minimum Gasteiger partial charge on any atom is -0.435 e. The van der Waals surface area contributed by atoms with E-state index in [4.69, 9.17) is 0 Å². The van der Waals surface area contributed by atoms with Crippen LogP contribution in [0.3, 0.4) is 0 Å². The summed E-state index contributed by atoms with van der Waals surface area (Å²) < 4.78 is 60.0. The second kappa shape index (κ2) is 5.80. The highest BCUT2D eigenvalue weighted by Gasteiger charge is 2.20. The average Bonchev–Trinajstić information content (AvgIpc) is 2.96.